The first-order valence-corrected chi connectivity index (χ1v) is 5.68. The van der Waals surface area contributed by atoms with Crippen LogP contribution in [0.3, 0.4) is 0 Å². The molecule has 102 valence electrons. The van der Waals surface area contributed by atoms with Crippen LogP contribution >= 0.6 is 0 Å². The molecular weight excluding hydrogens is 252 g/mol. The van der Waals surface area contributed by atoms with Crippen molar-refractivity contribution >= 4 is 23.7 Å². The molecule has 0 fully saturated rings. The van der Waals surface area contributed by atoms with Gasteiger partial charge in [0, 0.05) is 12.6 Å². The van der Waals surface area contributed by atoms with Crippen molar-refractivity contribution in [3.8, 4) is 0 Å². The van der Waals surface area contributed by atoms with Crippen molar-refractivity contribution in [1.82, 2.24) is 4.98 Å². The molecule has 0 saturated heterocycles. The number of anilines is 1. The standard InChI is InChI=1S/C12H14N2O5/c1-2-19-12(18)8-4-3-7-13-11(8)14-9(15)5-6-10(16)17/h3-4,7H,2,5-6H2,1H3,(H,16,17)(H,13,14,15). The highest BCUT2D eigenvalue weighted by Crippen LogP contribution is 2.13. The van der Waals surface area contributed by atoms with E-state index in [1.54, 1.807) is 13.0 Å². The van der Waals surface area contributed by atoms with Gasteiger partial charge in [-0.2, -0.15) is 0 Å². The molecule has 7 nitrogen and oxygen atoms in total. The van der Waals surface area contributed by atoms with Gasteiger partial charge in [0.05, 0.1) is 13.0 Å². The fourth-order valence-corrected chi connectivity index (χ4v) is 1.29. The molecule has 0 bridgehead atoms. The van der Waals surface area contributed by atoms with Gasteiger partial charge in [0.2, 0.25) is 5.91 Å². The van der Waals surface area contributed by atoms with E-state index in [9.17, 15) is 14.4 Å². The van der Waals surface area contributed by atoms with E-state index in [2.05, 4.69) is 10.3 Å². The number of aromatic nitrogens is 1. The summed E-state index contributed by atoms with van der Waals surface area (Å²) in [5.74, 6) is -2.12. The van der Waals surface area contributed by atoms with Crippen molar-refractivity contribution in [1.29, 1.82) is 0 Å². The van der Waals surface area contributed by atoms with Gasteiger partial charge >= 0.3 is 11.9 Å². The number of hydrogen-bond acceptors (Lipinski definition) is 5. The minimum absolute atomic E-state index is 0.0661. The van der Waals surface area contributed by atoms with E-state index in [1.165, 1.54) is 12.3 Å². The summed E-state index contributed by atoms with van der Waals surface area (Å²) < 4.78 is 4.82. The lowest BCUT2D eigenvalue weighted by atomic mass is 10.2. The van der Waals surface area contributed by atoms with E-state index < -0.39 is 17.8 Å². The topological polar surface area (TPSA) is 106 Å². The van der Waals surface area contributed by atoms with Gasteiger partial charge in [0.1, 0.15) is 11.4 Å². The fourth-order valence-electron chi connectivity index (χ4n) is 1.29. The summed E-state index contributed by atoms with van der Waals surface area (Å²) in [6.07, 6.45) is 0.942. The maximum Gasteiger partial charge on any atom is 0.341 e. The van der Waals surface area contributed by atoms with Crippen LogP contribution in [0.1, 0.15) is 30.1 Å². The van der Waals surface area contributed by atoms with E-state index in [4.69, 9.17) is 9.84 Å². The van der Waals surface area contributed by atoms with Gasteiger partial charge in [-0.25, -0.2) is 9.78 Å². The lowest BCUT2D eigenvalue weighted by Gasteiger charge is -2.08. The molecule has 0 aliphatic heterocycles. The second kappa shape index (κ2) is 7.10. The molecule has 0 atom stereocenters. The molecule has 0 unspecified atom stereocenters. The van der Waals surface area contributed by atoms with Gasteiger partial charge < -0.3 is 15.2 Å². The normalized spacial score (nSPS) is 9.74. The number of hydrogen-bond donors (Lipinski definition) is 2. The summed E-state index contributed by atoms with van der Waals surface area (Å²) in [4.78, 5) is 37.3. The monoisotopic (exact) mass is 266 g/mol. The molecule has 7 heteroatoms. The fraction of sp³-hybridized carbons (Fsp3) is 0.333. The van der Waals surface area contributed by atoms with Crippen LogP contribution in [-0.2, 0) is 14.3 Å². The Bertz CT molecular complexity index is 487. The molecule has 1 aromatic heterocycles. The first-order valence-electron chi connectivity index (χ1n) is 5.68. The van der Waals surface area contributed by atoms with Crippen molar-refractivity contribution in [2.45, 2.75) is 19.8 Å². The van der Waals surface area contributed by atoms with E-state index in [1.807, 2.05) is 0 Å². The Balaban J connectivity index is 2.75. The van der Waals surface area contributed by atoms with Crippen LogP contribution in [0.25, 0.3) is 0 Å². The number of rotatable bonds is 6. The van der Waals surface area contributed by atoms with E-state index in [-0.39, 0.29) is 30.8 Å². The number of aliphatic carboxylic acids is 1. The van der Waals surface area contributed by atoms with Crippen LogP contribution in [0.2, 0.25) is 0 Å². The van der Waals surface area contributed by atoms with Crippen LogP contribution in [0.15, 0.2) is 18.3 Å². The number of nitrogens with zero attached hydrogens (tertiary/aromatic N) is 1. The van der Waals surface area contributed by atoms with E-state index >= 15 is 0 Å². The maximum absolute atomic E-state index is 11.6. The number of ether oxygens (including phenoxy) is 1. The molecule has 0 aromatic carbocycles. The number of pyridine rings is 1. The first-order chi connectivity index (χ1) is 9.04. The molecule has 0 aliphatic carbocycles. The van der Waals surface area contributed by atoms with Crippen molar-refractivity contribution < 1.29 is 24.2 Å². The van der Waals surface area contributed by atoms with Crippen molar-refractivity contribution in [2.24, 2.45) is 0 Å². The molecule has 0 aliphatic rings. The average molecular weight is 266 g/mol. The molecule has 1 aromatic rings. The Labute approximate surface area is 109 Å². The van der Waals surface area contributed by atoms with Gasteiger partial charge in [0.15, 0.2) is 0 Å². The molecule has 1 amide bonds. The molecule has 1 rings (SSSR count). The summed E-state index contributed by atoms with van der Waals surface area (Å²) in [6, 6.07) is 3.01. The Hall–Kier alpha value is -2.44. The van der Waals surface area contributed by atoms with E-state index in [0.29, 0.717) is 0 Å². The van der Waals surface area contributed by atoms with Crippen molar-refractivity contribution in [3.63, 3.8) is 0 Å². The zero-order chi connectivity index (χ0) is 14.3. The minimum atomic E-state index is -1.07. The smallest absolute Gasteiger partial charge is 0.341 e. The molecular formula is C12H14N2O5. The Morgan fingerprint density at radius 3 is 2.74 bits per heavy atom. The maximum atomic E-state index is 11.6. The number of carboxylic acids is 1. The summed E-state index contributed by atoms with van der Waals surface area (Å²) in [5.41, 5.74) is 0.132. The molecule has 0 saturated carbocycles. The highest BCUT2D eigenvalue weighted by atomic mass is 16.5. The second-order valence-corrected chi connectivity index (χ2v) is 3.56. The molecule has 0 spiro atoms. The molecule has 0 radical (unpaired) electrons. The highest BCUT2D eigenvalue weighted by Gasteiger charge is 2.15. The quantitative estimate of drug-likeness (QED) is 0.746. The third-order valence-electron chi connectivity index (χ3n) is 2.13. The number of carboxylic acid groups (broad SMARTS) is 1. The van der Waals surface area contributed by atoms with Crippen LogP contribution in [-0.4, -0.2) is 34.5 Å². The molecule has 19 heavy (non-hydrogen) atoms. The Kier molecular flexibility index (Phi) is 5.46. The largest absolute Gasteiger partial charge is 0.481 e. The number of nitrogens with one attached hydrogen (secondary N) is 1. The average Bonchev–Trinajstić information content (AvgIpc) is 2.37. The zero-order valence-electron chi connectivity index (χ0n) is 10.4. The zero-order valence-corrected chi connectivity index (χ0v) is 10.4. The summed E-state index contributed by atoms with van der Waals surface area (Å²) in [5, 5.41) is 10.9. The van der Waals surface area contributed by atoms with Gasteiger partial charge in [-0.15, -0.1) is 0 Å². The van der Waals surface area contributed by atoms with Crippen molar-refractivity contribution in [3.05, 3.63) is 23.9 Å². The summed E-state index contributed by atoms with van der Waals surface area (Å²) >= 11 is 0. The first kappa shape index (κ1) is 14.6. The van der Waals surface area contributed by atoms with E-state index in [0.717, 1.165) is 0 Å². The van der Waals surface area contributed by atoms with Crippen molar-refractivity contribution in [2.75, 3.05) is 11.9 Å². The van der Waals surface area contributed by atoms with Gasteiger partial charge in [-0.1, -0.05) is 0 Å². The van der Waals surface area contributed by atoms with Gasteiger partial charge in [0.25, 0.3) is 0 Å². The Morgan fingerprint density at radius 1 is 1.37 bits per heavy atom. The lowest BCUT2D eigenvalue weighted by Crippen LogP contribution is -2.17. The third kappa shape index (κ3) is 4.74. The number of esters is 1. The number of amides is 1. The summed E-state index contributed by atoms with van der Waals surface area (Å²) in [6.45, 7) is 1.87. The predicted molar refractivity (Wildman–Crippen MR) is 65.7 cm³/mol. The van der Waals surface area contributed by atoms with Gasteiger partial charge in [-0.3, -0.25) is 9.59 Å². The molecule has 2 N–H and O–H groups in total. The van der Waals surface area contributed by atoms with Crippen LogP contribution < -0.4 is 5.32 Å². The SMILES string of the molecule is CCOC(=O)c1cccnc1NC(=O)CCC(=O)O. The molecule has 1 heterocycles. The minimum Gasteiger partial charge on any atom is -0.481 e. The predicted octanol–water partition coefficient (Wildman–Crippen LogP) is 1.06. The van der Waals surface area contributed by atoms with Crippen LogP contribution in [0.4, 0.5) is 5.82 Å². The lowest BCUT2D eigenvalue weighted by molar-refractivity contribution is -0.138. The van der Waals surface area contributed by atoms with Crippen LogP contribution in [0, 0.1) is 0 Å². The number of carbonyl (C=O) groups excluding carboxylic acids is 2. The highest BCUT2D eigenvalue weighted by molar-refractivity contribution is 6.00. The summed E-state index contributed by atoms with van der Waals surface area (Å²) in [7, 11) is 0. The second-order valence-electron chi connectivity index (χ2n) is 3.56. The third-order valence-corrected chi connectivity index (χ3v) is 2.13. The van der Waals surface area contributed by atoms with Gasteiger partial charge in [-0.05, 0) is 19.1 Å². The Morgan fingerprint density at radius 2 is 2.11 bits per heavy atom. The van der Waals surface area contributed by atoms with Crippen LogP contribution in [0.5, 0.6) is 0 Å². The number of carbonyl (C=O) groups is 3.